The molecule has 1 heterocycles. The number of hydrogen-bond donors (Lipinski definition) is 1. The van der Waals surface area contributed by atoms with Gasteiger partial charge < -0.3 is 10.1 Å². The van der Waals surface area contributed by atoms with Crippen LogP contribution in [0.2, 0.25) is 0 Å². The van der Waals surface area contributed by atoms with E-state index < -0.39 is 33.6 Å². The van der Waals surface area contributed by atoms with Gasteiger partial charge in [-0.3, -0.25) is 4.79 Å². The van der Waals surface area contributed by atoms with Crippen molar-refractivity contribution in [2.75, 3.05) is 12.4 Å². The molecule has 0 saturated heterocycles. The summed E-state index contributed by atoms with van der Waals surface area (Å²) in [5, 5.41) is 2.40. The molecule has 3 aromatic rings. The standard InChI is InChI=1S/C23H20F2N2O4S/c1-31-18-7-9-19(10-8-18)32(29,30)27-14-16-5-3-2-4-15(16)12-22(27)23(28)26-21-11-6-17(24)13-20(21)25/h2-11,13,22H,12,14H2,1H3,(H,26,28). The smallest absolute Gasteiger partial charge is 0.244 e. The Morgan fingerprint density at radius 2 is 1.72 bits per heavy atom. The van der Waals surface area contributed by atoms with Crippen molar-refractivity contribution in [3.8, 4) is 5.75 Å². The number of amides is 1. The lowest BCUT2D eigenvalue weighted by atomic mass is 9.95. The first-order valence-corrected chi connectivity index (χ1v) is 11.2. The highest BCUT2D eigenvalue weighted by Gasteiger charge is 2.39. The number of carbonyl (C=O) groups is 1. The normalized spacial score (nSPS) is 16.3. The van der Waals surface area contributed by atoms with Gasteiger partial charge in [-0.1, -0.05) is 24.3 Å². The molecule has 32 heavy (non-hydrogen) atoms. The number of carbonyl (C=O) groups excluding carboxylic acids is 1. The maximum Gasteiger partial charge on any atom is 0.244 e. The van der Waals surface area contributed by atoms with E-state index in [4.69, 9.17) is 4.74 Å². The van der Waals surface area contributed by atoms with Crippen LogP contribution in [-0.2, 0) is 27.8 Å². The van der Waals surface area contributed by atoms with E-state index in [2.05, 4.69) is 5.32 Å². The molecule has 0 aliphatic carbocycles. The fourth-order valence-electron chi connectivity index (χ4n) is 3.67. The molecular formula is C23H20F2N2O4S. The van der Waals surface area contributed by atoms with Crippen molar-refractivity contribution in [1.82, 2.24) is 4.31 Å². The lowest BCUT2D eigenvalue weighted by Crippen LogP contribution is -2.50. The lowest BCUT2D eigenvalue weighted by molar-refractivity contribution is -0.120. The zero-order valence-electron chi connectivity index (χ0n) is 17.1. The Morgan fingerprint density at radius 1 is 1.03 bits per heavy atom. The lowest BCUT2D eigenvalue weighted by Gasteiger charge is -2.35. The summed E-state index contributed by atoms with van der Waals surface area (Å²) in [6, 6.07) is 14.7. The van der Waals surface area contributed by atoms with Crippen LogP contribution < -0.4 is 10.1 Å². The number of anilines is 1. The van der Waals surface area contributed by atoms with Gasteiger partial charge in [0.15, 0.2) is 0 Å². The summed E-state index contributed by atoms with van der Waals surface area (Å²) in [6.07, 6.45) is 0.111. The maximum absolute atomic E-state index is 14.1. The van der Waals surface area contributed by atoms with Gasteiger partial charge in [-0.2, -0.15) is 4.31 Å². The van der Waals surface area contributed by atoms with Gasteiger partial charge in [-0.25, -0.2) is 17.2 Å². The highest BCUT2D eigenvalue weighted by molar-refractivity contribution is 7.89. The number of halogens is 2. The molecule has 3 aromatic carbocycles. The predicted octanol–water partition coefficient (Wildman–Crippen LogP) is 3.73. The number of benzene rings is 3. The molecule has 0 aromatic heterocycles. The number of fused-ring (bicyclic) bond motifs is 1. The summed E-state index contributed by atoms with van der Waals surface area (Å²) < 4.78 is 60.4. The fourth-order valence-corrected chi connectivity index (χ4v) is 5.23. The van der Waals surface area contributed by atoms with Crippen LogP contribution in [0.25, 0.3) is 0 Å². The third-order valence-corrected chi connectivity index (χ3v) is 7.23. The summed E-state index contributed by atoms with van der Waals surface area (Å²) in [5.41, 5.74) is 1.38. The molecule has 1 N–H and O–H groups in total. The number of methoxy groups -OCH3 is 1. The Balaban J connectivity index is 1.71. The van der Waals surface area contributed by atoms with Crippen molar-refractivity contribution < 1.29 is 26.7 Å². The SMILES string of the molecule is COc1ccc(S(=O)(=O)N2Cc3ccccc3CC2C(=O)Nc2ccc(F)cc2F)cc1. The third kappa shape index (κ3) is 4.21. The minimum absolute atomic E-state index is 0.00319. The van der Waals surface area contributed by atoms with Gasteiger partial charge in [0.25, 0.3) is 0 Å². The number of ether oxygens (including phenoxy) is 1. The van der Waals surface area contributed by atoms with Crippen LogP contribution in [0.1, 0.15) is 11.1 Å². The van der Waals surface area contributed by atoms with Crippen molar-refractivity contribution in [3.05, 3.63) is 89.5 Å². The van der Waals surface area contributed by atoms with E-state index in [9.17, 15) is 22.0 Å². The highest BCUT2D eigenvalue weighted by atomic mass is 32.2. The summed E-state index contributed by atoms with van der Waals surface area (Å²) in [7, 11) is -2.60. The molecule has 4 rings (SSSR count). The Bertz CT molecular complexity index is 1260. The van der Waals surface area contributed by atoms with Crippen molar-refractivity contribution in [2.24, 2.45) is 0 Å². The van der Waals surface area contributed by atoms with Crippen molar-refractivity contribution in [3.63, 3.8) is 0 Å². The second-order valence-electron chi connectivity index (χ2n) is 7.33. The first-order chi connectivity index (χ1) is 15.3. The van der Waals surface area contributed by atoms with Crippen LogP contribution in [0.5, 0.6) is 5.75 Å². The molecule has 6 nitrogen and oxygen atoms in total. The van der Waals surface area contributed by atoms with Gasteiger partial charge in [-0.15, -0.1) is 0 Å². The van der Waals surface area contributed by atoms with Crippen molar-refractivity contribution >= 4 is 21.6 Å². The molecule has 1 amide bonds. The Kier molecular flexibility index (Phi) is 5.94. The first-order valence-electron chi connectivity index (χ1n) is 9.78. The molecule has 1 atom stereocenters. The zero-order valence-corrected chi connectivity index (χ0v) is 17.9. The summed E-state index contributed by atoms with van der Waals surface area (Å²) >= 11 is 0. The van der Waals surface area contributed by atoms with E-state index in [0.29, 0.717) is 11.8 Å². The zero-order chi connectivity index (χ0) is 22.9. The monoisotopic (exact) mass is 458 g/mol. The fraction of sp³-hybridized carbons (Fsp3) is 0.174. The molecule has 0 fully saturated rings. The quantitative estimate of drug-likeness (QED) is 0.632. The number of sulfonamides is 1. The Labute approximate surface area is 184 Å². The van der Waals surface area contributed by atoms with E-state index in [1.54, 1.807) is 18.2 Å². The molecule has 9 heteroatoms. The van der Waals surface area contributed by atoms with Crippen molar-refractivity contribution in [1.29, 1.82) is 0 Å². The van der Waals surface area contributed by atoms with Gasteiger partial charge >= 0.3 is 0 Å². The molecule has 1 unspecified atom stereocenters. The van der Waals surface area contributed by atoms with Crippen LogP contribution in [0.3, 0.4) is 0 Å². The van der Waals surface area contributed by atoms with Crippen molar-refractivity contribution in [2.45, 2.75) is 23.9 Å². The predicted molar refractivity (Wildman–Crippen MR) is 115 cm³/mol. The van der Waals surface area contributed by atoms with Gasteiger partial charge in [0.2, 0.25) is 15.9 Å². The number of hydrogen-bond acceptors (Lipinski definition) is 4. The minimum Gasteiger partial charge on any atom is -0.497 e. The number of nitrogens with one attached hydrogen (secondary N) is 1. The van der Waals surface area contributed by atoms with E-state index in [1.807, 2.05) is 6.07 Å². The van der Waals surface area contributed by atoms with E-state index in [1.165, 1.54) is 31.4 Å². The topological polar surface area (TPSA) is 75.7 Å². The van der Waals surface area contributed by atoms with E-state index in [-0.39, 0.29) is 23.5 Å². The molecule has 0 spiro atoms. The van der Waals surface area contributed by atoms with Crippen LogP contribution in [0, 0.1) is 11.6 Å². The molecule has 1 aliphatic heterocycles. The molecule has 0 bridgehead atoms. The van der Waals surface area contributed by atoms with E-state index >= 15 is 0 Å². The van der Waals surface area contributed by atoms with Crippen LogP contribution >= 0.6 is 0 Å². The van der Waals surface area contributed by atoms with Crippen LogP contribution in [0.4, 0.5) is 14.5 Å². The van der Waals surface area contributed by atoms with Gasteiger partial charge in [0.05, 0.1) is 17.7 Å². The molecule has 0 radical (unpaired) electrons. The van der Waals surface area contributed by atoms with Gasteiger partial charge in [0, 0.05) is 12.6 Å². The average molecular weight is 458 g/mol. The second kappa shape index (κ2) is 8.68. The summed E-state index contributed by atoms with van der Waals surface area (Å²) in [4.78, 5) is 13.1. The summed E-state index contributed by atoms with van der Waals surface area (Å²) in [5.74, 6) is -1.94. The minimum atomic E-state index is -4.07. The molecule has 0 saturated carbocycles. The maximum atomic E-state index is 14.1. The Hall–Kier alpha value is -3.30. The molecule has 166 valence electrons. The van der Waals surface area contributed by atoms with Crippen LogP contribution in [0.15, 0.2) is 71.6 Å². The first kappa shape index (κ1) is 21.9. The van der Waals surface area contributed by atoms with Gasteiger partial charge in [0.1, 0.15) is 23.4 Å². The highest BCUT2D eigenvalue weighted by Crippen LogP contribution is 2.30. The molecular weight excluding hydrogens is 438 g/mol. The Morgan fingerprint density at radius 3 is 2.38 bits per heavy atom. The largest absolute Gasteiger partial charge is 0.497 e. The second-order valence-corrected chi connectivity index (χ2v) is 9.22. The number of nitrogens with zero attached hydrogens (tertiary/aromatic N) is 1. The van der Waals surface area contributed by atoms with Crippen LogP contribution in [-0.4, -0.2) is 31.8 Å². The molecule has 1 aliphatic rings. The third-order valence-electron chi connectivity index (χ3n) is 5.36. The summed E-state index contributed by atoms with van der Waals surface area (Å²) in [6.45, 7) is -0.0193. The van der Waals surface area contributed by atoms with Gasteiger partial charge in [-0.05, 0) is 53.9 Å². The number of rotatable bonds is 5. The van der Waals surface area contributed by atoms with E-state index in [0.717, 1.165) is 27.6 Å². The average Bonchev–Trinajstić information content (AvgIpc) is 2.80.